The average Bonchev–Trinajstić information content (AvgIpc) is 3.19. The van der Waals surface area contributed by atoms with E-state index in [-0.39, 0.29) is 16.3 Å². The Hall–Kier alpha value is -2.45. The molecule has 0 aliphatic rings. The molecule has 0 saturated carbocycles. The Balaban J connectivity index is 1.80. The van der Waals surface area contributed by atoms with Gasteiger partial charge in [-0.1, -0.05) is 11.2 Å². The number of nitrogens with zero attached hydrogens (tertiary/aromatic N) is 1. The molecule has 0 spiro atoms. The van der Waals surface area contributed by atoms with Gasteiger partial charge >= 0.3 is 5.97 Å². The van der Waals surface area contributed by atoms with E-state index in [4.69, 9.17) is 9.63 Å². The van der Waals surface area contributed by atoms with E-state index in [1.165, 1.54) is 23.5 Å². The number of hydrogen-bond donors (Lipinski definition) is 2. The predicted molar refractivity (Wildman–Crippen MR) is 79.0 cm³/mol. The van der Waals surface area contributed by atoms with E-state index in [0.717, 1.165) is 16.2 Å². The van der Waals surface area contributed by atoms with E-state index in [1.807, 2.05) is 17.5 Å². The Kier molecular flexibility index (Phi) is 3.55. The van der Waals surface area contributed by atoms with Crippen molar-refractivity contribution >= 4 is 40.2 Å². The second kappa shape index (κ2) is 5.51. The summed E-state index contributed by atoms with van der Waals surface area (Å²) in [5.74, 6) is -1.10. The van der Waals surface area contributed by atoms with Crippen LogP contribution in [0, 0.1) is 0 Å². The molecule has 0 aliphatic heterocycles. The zero-order chi connectivity index (χ0) is 14.8. The lowest BCUT2D eigenvalue weighted by molar-refractivity contribution is 0.0703. The van der Waals surface area contributed by atoms with Crippen LogP contribution in [0.25, 0.3) is 10.6 Å². The third-order valence-corrected chi connectivity index (χ3v) is 4.40. The molecule has 0 aromatic carbocycles. The van der Waals surface area contributed by atoms with E-state index < -0.39 is 11.9 Å². The fraction of sp³-hybridized carbons (Fsp3) is 0. The van der Waals surface area contributed by atoms with E-state index >= 15 is 0 Å². The maximum Gasteiger partial charge on any atom is 0.348 e. The summed E-state index contributed by atoms with van der Waals surface area (Å²) in [6, 6.07) is 6.78. The van der Waals surface area contributed by atoms with Crippen LogP contribution in [0.3, 0.4) is 0 Å². The third-order valence-electron chi connectivity index (χ3n) is 2.61. The van der Waals surface area contributed by atoms with Gasteiger partial charge in [0.1, 0.15) is 4.88 Å². The minimum atomic E-state index is -1.08. The van der Waals surface area contributed by atoms with Crippen LogP contribution in [0.1, 0.15) is 20.2 Å². The van der Waals surface area contributed by atoms with Crippen LogP contribution >= 0.6 is 22.7 Å². The Bertz CT molecular complexity index is 789. The van der Waals surface area contributed by atoms with E-state index in [0.29, 0.717) is 5.76 Å². The van der Waals surface area contributed by atoms with Crippen LogP contribution in [-0.2, 0) is 0 Å². The van der Waals surface area contributed by atoms with Crippen LogP contribution in [0.4, 0.5) is 5.69 Å². The van der Waals surface area contributed by atoms with E-state index in [9.17, 15) is 9.59 Å². The summed E-state index contributed by atoms with van der Waals surface area (Å²) < 4.78 is 5.11. The minimum Gasteiger partial charge on any atom is -0.477 e. The minimum absolute atomic E-state index is 0.0744. The molecule has 3 heterocycles. The quantitative estimate of drug-likeness (QED) is 0.768. The number of carboxylic acid groups (broad SMARTS) is 1. The summed E-state index contributed by atoms with van der Waals surface area (Å²) in [6.45, 7) is 0. The van der Waals surface area contributed by atoms with E-state index in [2.05, 4.69) is 10.5 Å². The van der Waals surface area contributed by atoms with Crippen LogP contribution in [0.15, 0.2) is 39.5 Å². The monoisotopic (exact) mass is 320 g/mol. The van der Waals surface area contributed by atoms with Crippen molar-refractivity contribution in [1.82, 2.24) is 5.16 Å². The molecule has 6 nitrogen and oxygen atoms in total. The molecule has 3 rings (SSSR count). The first-order chi connectivity index (χ1) is 10.1. The Morgan fingerprint density at radius 3 is 2.81 bits per heavy atom. The molecule has 3 aromatic heterocycles. The number of aromatic nitrogens is 1. The first-order valence-electron chi connectivity index (χ1n) is 5.78. The van der Waals surface area contributed by atoms with Gasteiger partial charge < -0.3 is 14.9 Å². The molecular weight excluding hydrogens is 312 g/mol. The Labute approximate surface area is 126 Å². The smallest absolute Gasteiger partial charge is 0.348 e. The summed E-state index contributed by atoms with van der Waals surface area (Å²) in [6.07, 6.45) is 0. The van der Waals surface area contributed by atoms with Gasteiger partial charge in [-0.2, -0.15) is 0 Å². The fourth-order valence-electron chi connectivity index (χ4n) is 1.68. The molecule has 0 bridgehead atoms. The highest BCUT2D eigenvalue weighted by Crippen LogP contribution is 2.26. The van der Waals surface area contributed by atoms with Crippen molar-refractivity contribution in [3.05, 3.63) is 45.6 Å². The molecule has 106 valence electrons. The predicted octanol–water partition coefficient (Wildman–Crippen LogP) is 3.42. The van der Waals surface area contributed by atoms with Crippen molar-refractivity contribution in [1.29, 1.82) is 0 Å². The fourth-order valence-corrected chi connectivity index (χ4v) is 3.04. The van der Waals surface area contributed by atoms with Crippen molar-refractivity contribution in [3.63, 3.8) is 0 Å². The number of hydrogen-bond acceptors (Lipinski definition) is 6. The number of anilines is 1. The summed E-state index contributed by atoms with van der Waals surface area (Å²) >= 11 is 2.51. The Morgan fingerprint density at radius 1 is 1.24 bits per heavy atom. The number of amides is 1. The SMILES string of the molecule is O=C(Nc1ccsc1C(=O)O)c1cc(-c2cccs2)on1. The zero-order valence-corrected chi connectivity index (χ0v) is 12.0. The van der Waals surface area contributed by atoms with Crippen LogP contribution in [0.2, 0.25) is 0 Å². The first kappa shape index (κ1) is 13.5. The molecule has 0 saturated heterocycles. The molecule has 0 atom stereocenters. The molecule has 21 heavy (non-hydrogen) atoms. The molecule has 0 radical (unpaired) electrons. The number of nitrogens with one attached hydrogen (secondary N) is 1. The number of carboxylic acids is 1. The second-order valence-electron chi connectivity index (χ2n) is 3.98. The van der Waals surface area contributed by atoms with Crippen molar-refractivity contribution < 1.29 is 19.2 Å². The molecule has 8 heteroatoms. The molecule has 0 fully saturated rings. The number of aromatic carboxylic acids is 1. The van der Waals surface area contributed by atoms with Crippen molar-refractivity contribution in [2.24, 2.45) is 0 Å². The van der Waals surface area contributed by atoms with Gasteiger partial charge in [0.15, 0.2) is 11.5 Å². The van der Waals surface area contributed by atoms with Gasteiger partial charge in [-0.05, 0) is 22.9 Å². The van der Waals surface area contributed by atoms with Gasteiger partial charge in [-0.3, -0.25) is 4.79 Å². The van der Waals surface area contributed by atoms with Gasteiger partial charge in [0, 0.05) is 6.07 Å². The van der Waals surface area contributed by atoms with Gasteiger partial charge in [-0.25, -0.2) is 4.79 Å². The maximum absolute atomic E-state index is 12.1. The topological polar surface area (TPSA) is 92.4 Å². The van der Waals surface area contributed by atoms with Crippen molar-refractivity contribution in [2.45, 2.75) is 0 Å². The second-order valence-corrected chi connectivity index (χ2v) is 5.84. The highest BCUT2D eigenvalue weighted by molar-refractivity contribution is 7.13. The molecule has 0 aliphatic carbocycles. The highest BCUT2D eigenvalue weighted by atomic mass is 32.1. The molecular formula is C13H8N2O4S2. The lowest BCUT2D eigenvalue weighted by atomic mass is 10.3. The molecule has 3 aromatic rings. The normalized spacial score (nSPS) is 10.5. The van der Waals surface area contributed by atoms with Gasteiger partial charge in [0.2, 0.25) is 0 Å². The number of rotatable bonds is 4. The molecule has 0 unspecified atom stereocenters. The van der Waals surface area contributed by atoms with Crippen LogP contribution < -0.4 is 5.32 Å². The lowest BCUT2D eigenvalue weighted by Crippen LogP contribution is -2.13. The van der Waals surface area contributed by atoms with Gasteiger partial charge in [0.05, 0.1) is 10.6 Å². The van der Waals surface area contributed by atoms with Crippen LogP contribution in [0.5, 0.6) is 0 Å². The lowest BCUT2D eigenvalue weighted by Gasteiger charge is -2.00. The number of carbonyl (C=O) groups excluding carboxylic acids is 1. The van der Waals surface area contributed by atoms with Crippen LogP contribution in [-0.4, -0.2) is 22.1 Å². The number of thiophene rings is 2. The molecule has 1 amide bonds. The summed E-state index contributed by atoms with van der Waals surface area (Å²) in [7, 11) is 0. The standard InChI is InChI=1S/C13H8N2O4S2/c16-12(14-7-3-5-21-11(7)13(17)18)8-6-9(19-15-8)10-2-1-4-20-10/h1-6H,(H,14,16)(H,17,18). The zero-order valence-electron chi connectivity index (χ0n) is 10.4. The molecule has 2 N–H and O–H groups in total. The first-order valence-corrected chi connectivity index (χ1v) is 7.54. The number of carbonyl (C=O) groups is 2. The van der Waals surface area contributed by atoms with Crippen molar-refractivity contribution in [2.75, 3.05) is 5.32 Å². The van der Waals surface area contributed by atoms with Gasteiger partial charge in [-0.15, -0.1) is 22.7 Å². The van der Waals surface area contributed by atoms with Crippen molar-refractivity contribution in [3.8, 4) is 10.6 Å². The summed E-state index contributed by atoms with van der Waals surface area (Å²) in [5.41, 5.74) is 0.346. The third kappa shape index (κ3) is 2.71. The summed E-state index contributed by atoms with van der Waals surface area (Å²) in [5, 5.41) is 18.7. The average molecular weight is 320 g/mol. The largest absolute Gasteiger partial charge is 0.477 e. The maximum atomic E-state index is 12.1. The Morgan fingerprint density at radius 2 is 2.10 bits per heavy atom. The summed E-state index contributed by atoms with van der Waals surface area (Å²) in [4.78, 5) is 24.0. The van der Waals surface area contributed by atoms with E-state index in [1.54, 1.807) is 5.38 Å². The van der Waals surface area contributed by atoms with Gasteiger partial charge in [0.25, 0.3) is 5.91 Å². The highest BCUT2D eigenvalue weighted by Gasteiger charge is 2.18.